The quantitative estimate of drug-likeness (QED) is 0.524. The Kier molecular flexibility index (Phi) is 6.70. The van der Waals surface area contributed by atoms with Crippen LogP contribution in [-0.4, -0.2) is 57.8 Å². The Hall–Kier alpha value is -3.08. The van der Waals surface area contributed by atoms with E-state index in [1.165, 1.54) is 12.4 Å². The molecule has 158 valence electrons. The summed E-state index contributed by atoms with van der Waals surface area (Å²) in [7, 11) is 0. The van der Waals surface area contributed by atoms with Crippen molar-refractivity contribution in [2.24, 2.45) is 0 Å². The Labute approximate surface area is 193 Å². The van der Waals surface area contributed by atoms with Crippen LogP contribution in [0, 0.1) is 3.57 Å². The summed E-state index contributed by atoms with van der Waals surface area (Å²) in [6.45, 7) is 2.72. The predicted octanol–water partition coefficient (Wildman–Crippen LogP) is 3.08. The van der Waals surface area contributed by atoms with Crippen LogP contribution in [0.4, 0.5) is 11.5 Å². The molecule has 1 aromatic carbocycles. The molecule has 3 aromatic rings. The van der Waals surface area contributed by atoms with Crippen LogP contribution in [0.2, 0.25) is 0 Å². The highest BCUT2D eigenvalue weighted by Gasteiger charge is 2.22. The van der Waals surface area contributed by atoms with Crippen molar-refractivity contribution in [3.05, 3.63) is 76.0 Å². The van der Waals surface area contributed by atoms with Gasteiger partial charge in [-0.15, -0.1) is 0 Å². The van der Waals surface area contributed by atoms with E-state index in [1.807, 2.05) is 30.3 Å². The van der Waals surface area contributed by atoms with Gasteiger partial charge in [-0.05, 0) is 53.3 Å². The number of nitrogens with zero attached hydrogens (tertiary/aromatic N) is 5. The first-order chi connectivity index (χ1) is 15.1. The van der Waals surface area contributed by atoms with Crippen molar-refractivity contribution in [3.8, 4) is 0 Å². The average Bonchev–Trinajstić information content (AvgIpc) is 3.06. The molecule has 9 heteroatoms. The molecule has 1 fully saturated rings. The molecule has 8 nitrogen and oxygen atoms in total. The lowest BCUT2D eigenvalue weighted by Gasteiger charge is -2.22. The molecule has 0 bridgehead atoms. The van der Waals surface area contributed by atoms with Gasteiger partial charge in [0.25, 0.3) is 11.8 Å². The minimum atomic E-state index is -0.160. The number of pyridine rings is 1. The summed E-state index contributed by atoms with van der Waals surface area (Å²) in [6, 6.07) is 11.2. The van der Waals surface area contributed by atoms with E-state index in [-0.39, 0.29) is 11.8 Å². The maximum Gasteiger partial charge on any atom is 0.274 e. The number of carbonyl (C=O) groups excluding carboxylic acids is 2. The second-order valence-electron chi connectivity index (χ2n) is 7.06. The van der Waals surface area contributed by atoms with E-state index in [2.05, 4.69) is 47.8 Å². The smallest absolute Gasteiger partial charge is 0.274 e. The second kappa shape index (κ2) is 9.82. The fourth-order valence-corrected chi connectivity index (χ4v) is 4.04. The topological polar surface area (TPSA) is 91.3 Å². The lowest BCUT2D eigenvalue weighted by atomic mass is 10.2. The van der Waals surface area contributed by atoms with Crippen molar-refractivity contribution in [2.75, 3.05) is 36.4 Å². The third-order valence-electron chi connectivity index (χ3n) is 5.01. The van der Waals surface area contributed by atoms with Gasteiger partial charge in [-0.3, -0.25) is 14.6 Å². The summed E-state index contributed by atoms with van der Waals surface area (Å²) < 4.78 is 0.896. The SMILES string of the molecule is O=C(Nc1ccc(N2CCCN(C(=O)c3cnccn3)CC2)nc1)c1ccccc1I. The Balaban J connectivity index is 1.37. The molecule has 0 atom stereocenters. The summed E-state index contributed by atoms with van der Waals surface area (Å²) in [5.74, 6) is 0.560. The largest absolute Gasteiger partial charge is 0.355 e. The number of halogens is 1. The van der Waals surface area contributed by atoms with E-state index in [0.717, 1.165) is 22.4 Å². The molecule has 4 rings (SSSR count). The van der Waals surface area contributed by atoms with Crippen molar-refractivity contribution >= 4 is 45.9 Å². The molecule has 1 aliphatic rings. The zero-order valence-corrected chi connectivity index (χ0v) is 18.9. The Morgan fingerprint density at radius 2 is 1.81 bits per heavy atom. The van der Waals surface area contributed by atoms with Gasteiger partial charge in [0.2, 0.25) is 0 Å². The van der Waals surface area contributed by atoms with E-state index in [0.29, 0.717) is 36.6 Å². The van der Waals surface area contributed by atoms with Gasteiger partial charge in [-0.25, -0.2) is 9.97 Å². The Morgan fingerprint density at radius 3 is 2.55 bits per heavy atom. The summed E-state index contributed by atoms with van der Waals surface area (Å²) >= 11 is 2.15. The Morgan fingerprint density at radius 1 is 0.935 bits per heavy atom. The number of carbonyl (C=O) groups is 2. The first kappa shape index (κ1) is 21.2. The van der Waals surface area contributed by atoms with Crippen LogP contribution in [0.5, 0.6) is 0 Å². The lowest BCUT2D eigenvalue weighted by Crippen LogP contribution is -2.35. The van der Waals surface area contributed by atoms with Gasteiger partial charge in [0.1, 0.15) is 11.5 Å². The lowest BCUT2D eigenvalue weighted by molar-refractivity contribution is 0.0760. The number of benzene rings is 1. The molecule has 0 unspecified atom stereocenters. The zero-order chi connectivity index (χ0) is 21.6. The van der Waals surface area contributed by atoms with Gasteiger partial charge in [-0.1, -0.05) is 12.1 Å². The van der Waals surface area contributed by atoms with Crippen molar-refractivity contribution < 1.29 is 9.59 Å². The number of hydrogen-bond donors (Lipinski definition) is 1. The normalized spacial score (nSPS) is 14.1. The zero-order valence-electron chi connectivity index (χ0n) is 16.7. The number of amides is 2. The van der Waals surface area contributed by atoms with E-state index in [1.54, 1.807) is 23.4 Å². The monoisotopic (exact) mass is 528 g/mol. The summed E-state index contributed by atoms with van der Waals surface area (Å²) in [6.07, 6.45) is 7.07. The first-order valence-electron chi connectivity index (χ1n) is 9.94. The second-order valence-corrected chi connectivity index (χ2v) is 8.22. The molecule has 1 aliphatic heterocycles. The number of nitrogens with one attached hydrogen (secondary N) is 1. The molecule has 2 aromatic heterocycles. The van der Waals surface area contributed by atoms with Crippen molar-refractivity contribution in [1.29, 1.82) is 0 Å². The van der Waals surface area contributed by atoms with Crippen LogP contribution < -0.4 is 10.2 Å². The van der Waals surface area contributed by atoms with Gasteiger partial charge >= 0.3 is 0 Å². The molecule has 3 heterocycles. The van der Waals surface area contributed by atoms with Gasteiger partial charge in [0, 0.05) is 42.1 Å². The summed E-state index contributed by atoms with van der Waals surface area (Å²) in [5.41, 5.74) is 1.64. The van der Waals surface area contributed by atoms with Crippen LogP contribution in [0.3, 0.4) is 0 Å². The van der Waals surface area contributed by atoms with Gasteiger partial charge in [0.05, 0.1) is 23.6 Å². The molecular formula is C22H21IN6O2. The molecule has 2 amide bonds. The third kappa shape index (κ3) is 5.16. The number of rotatable bonds is 4. The van der Waals surface area contributed by atoms with Crippen molar-refractivity contribution in [1.82, 2.24) is 19.9 Å². The average molecular weight is 528 g/mol. The minimum absolute atomic E-state index is 0.100. The fraction of sp³-hybridized carbons (Fsp3) is 0.227. The highest BCUT2D eigenvalue weighted by molar-refractivity contribution is 14.1. The number of aromatic nitrogens is 3. The van der Waals surface area contributed by atoms with Gasteiger partial charge < -0.3 is 15.1 Å². The highest BCUT2D eigenvalue weighted by Crippen LogP contribution is 2.19. The summed E-state index contributed by atoms with van der Waals surface area (Å²) in [4.78, 5) is 41.7. The molecule has 0 radical (unpaired) electrons. The van der Waals surface area contributed by atoms with E-state index < -0.39 is 0 Å². The van der Waals surface area contributed by atoms with E-state index >= 15 is 0 Å². The van der Waals surface area contributed by atoms with E-state index in [9.17, 15) is 9.59 Å². The fourth-order valence-electron chi connectivity index (χ4n) is 3.41. The van der Waals surface area contributed by atoms with Crippen LogP contribution in [-0.2, 0) is 0 Å². The van der Waals surface area contributed by atoms with Crippen LogP contribution in [0.15, 0.2) is 61.2 Å². The van der Waals surface area contributed by atoms with E-state index in [4.69, 9.17) is 0 Å². The molecule has 0 aliphatic carbocycles. The molecular weight excluding hydrogens is 507 g/mol. The van der Waals surface area contributed by atoms with Crippen LogP contribution in [0.25, 0.3) is 0 Å². The molecule has 1 N–H and O–H groups in total. The van der Waals surface area contributed by atoms with Crippen LogP contribution in [0.1, 0.15) is 27.3 Å². The highest BCUT2D eigenvalue weighted by atomic mass is 127. The Bertz CT molecular complexity index is 1060. The van der Waals surface area contributed by atoms with Crippen molar-refractivity contribution in [3.63, 3.8) is 0 Å². The third-order valence-corrected chi connectivity index (χ3v) is 5.95. The maximum atomic E-state index is 12.6. The standard InChI is InChI=1S/C22H21IN6O2/c23-18-5-2-1-4-17(18)21(30)27-16-6-7-20(26-14-16)28-10-3-11-29(13-12-28)22(31)19-15-24-8-9-25-19/h1-2,4-9,14-15H,3,10-13H2,(H,27,30). The molecule has 31 heavy (non-hydrogen) atoms. The van der Waals surface area contributed by atoms with Gasteiger partial charge in [0.15, 0.2) is 0 Å². The number of anilines is 2. The minimum Gasteiger partial charge on any atom is -0.355 e. The maximum absolute atomic E-state index is 12.6. The molecule has 1 saturated heterocycles. The number of hydrogen-bond acceptors (Lipinski definition) is 6. The molecule has 0 spiro atoms. The van der Waals surface area contributed by atoms with Crippen molar-refractivity contribution in [2.45, 2.75) is 6.42 Å². The first-order valence-corrected chi connectivity index (χ1v) is 11.0. The van der Waals surface area contributed by atoms with Crippen LogP contribution >= 0.6 is 22.6 Å². The predicted molar refractivity (Wildman–Crippen MR) is 126 cm³/mol. The molecule has 0 saturated carbocycles. The summed E-state index contributed by atoms with van der Waals surface area (Å²) in [5, 5.41) is 2.89. The van der Waals surface area contributed by atoms with Gasteiger partial charge in [-0.2, -0.15) is 0 Å².